The molecule has 78 valence electrons. The maximum absolute atomic E-state index is 13.4. The molecule has 1 aliphatic rings. The first-order chi connectivity index (χ1) is 5.97. The maximum Gasteiger partial charge on any atom is 0.150 e. The lowest BCUT2D eigenvalue weighted by Crippen LogP contribution is -2.56. The zero-order chi connectivity index (χ0) is 9.95. The second-order valence-electron chi connectivity index (χ2n) is 3.66. The van der Waals surface area contributed by atoms with Crippen LogP contribution >= 0.6 is 0 Å². The minimum absolute atomic E-state index is 0.0149. The van der Waals surface area contributed by atoms with Crippen LogP contribution < -0.4 is 5.32 Å². The van der Waals surface area contributed by atoms with E-state index >= 15 is 0 Å². The lowest BCUT2D eigenvalue weighted by Gasteiger charge is -2.34. The Morgan fingerprint density at radius 1 is 1.38 bits per heavy atom. The van der Waals surface area contributed by atoms with E-state index in [-0.39, 0.29) is 17.9 Å². The number of sulfone groups is 1. The van der Waals surface area contributed by atoms with Gasteiger partial charge in [0.2, 0.25) is 0 Å². The predicted octanol–water partition coefficient (Wildman–Crippen LogP) is 0.513. The third kappa shape index (κ3) is 3.23. The smallest absolute Gasteiger partial charge is 0.150 e. The van der Waals surface area contributed by atoms with Gasteiger partial charge in [-0.2, -0.15) is 0 Å². The second-order valence-corrected chi connectivity index (χ2v) is 5.96. The Morgan fingerprint density at radius 2 is 2.00 bits per heavy atom. The van der Waals surface area contributed by atoms with E-state index in [0.29, 0.717) is 19.5 Å². The standard InChI is InChI=1S/C8H16FNO2S/c1-2-4-13(11,12)5-3-8(9)6-10-7-8/h10H,2-7H2,1H3. The maximum atomic E-state index is 13.4. The van der Waals surface area contributed by atoms with Crippen molar-refractivity contribution in [2.24, 2.45) is 0 Å². The zero-order valence-corrected chi connectivity index (χ0v) is 8.66. The van der Waals surface area contributed by atoms with Gasteiger partial charge in [0.1, 0.15) is 15.5 Å². The van der Waals surface area contributed by atoms with Crippen LogP contribution in [0.3, 0.4) is 0 Å². The van der Waals surface area contributed by atoms with Gasteiger partial charge in [0, 0.05) is 18.8 Å². The molecule has 1 rings (SSSR count). The largest absolute Gasteiger partial charge is 0.310 e. The van der Waals surface area contributed by atoms with Gasteiger partial charge >= 0.3 is 0 Å². The van der Waals surface area contributed by atoms with Crippen molar-refractivity contribution in [3.63, 3.8) is 0 Å². The van der Waals surface area contributed by atoms with Crippen LogP contribution in [-0.4, -0.2) is 38.7 Å². The van der Waals surface area contributed by atoms with Gasteiger partial charge in [-0.25, -0.2) is 12.8 Å². The first-order valence-corrected chi connectivity index (χ1v) is 6.40. The van der Waals surface area contributed by atoms with Crippen molar-refractivity contribution in [3.05, 3.63) is 0 Å². The quantitative estimate of drug-likeness (QED) is 0.717. The van der Waals surface area contributed by atoms with Crippen molar-refractivity contribution < 1.29 is 12.8 Å². The van der Waals surface area contributed by atoms with E-state index < -0.39 is 15.5 Å². The van der Waals surface area contributed by atoms with Crippen molar-refractivity contribution in [2.45, 2.75) is 25.4 Å². The molecule has 0 aromatic rings. The minimum Gasteiger partial charge on any atom is -0.310 e. The summed E-state index contributed by atoms with van der Waals surface area (Å²) in [7, 11) is -3.01. The van der Waals surface area contributed by atoms with E-state index in [1.807, 2.05) is 6.92 Å². The summed E-state index contributed by atoms with van der Waals surface area (Å²) in [6, 6.07) is 0. The molecular weight excluding hydrogens is 193 g/mol. The van der Waals surface area contributed by atoms with E-state index in [9.17, 15) is 12.8 Å². The number of halogens is 1. The number of rotatable bonds is 5. The van der Waals surface area contributed by atoms with Crippen LogP contribution in [0.15, 0.2) is 0 Å². The zero-order valence-electron chi connectivity index (χ0n) is 7.85. The first-order valence-electron chi connectivity index (χ1n) is 4.57. The number of alkyl halides is 1. The predicted molar refractivity (Wildman–Crippen MR) is 50.3 cm³/mol. The number of nitrogens with one attached hydrogen (secondary N) is 1. The van der Waals surface area contributed by atoms with Crippen molar-refractivity contribution in [2.75, 3.05) is 24.6 Å². The van der Waals surface area contributed by atoms with Gasteiger partial charge < -0.3 is 5.32 Å². The van der Waals surface area contributed by atoms with Gasteiger partial charge in [-0.15, -0.1) is 0 Å². The number of hydrogen-bond donors (Lipinski definition) is 1. The molecule has 0 radical (unpaired) electrons. The Morgan fingerprint density at radius 3 is 2.38 bits per heavy atom. The van der Waals surface area contributed by atoms with Crippen LogP contribution in [0, 0.1) is 0 Å². The van der Waals surface area contributed by atoms with Gasteiger partial charge in [0.25, 0.3) is 0 Å². The first kappa shape index (κ1) is 10.9. The fourth-order valence-electron chi connectivity index (χ4n) is 1.32. The molecule has 0 amide bonds. The van der Waals surface area contributed by atoms with Crippen molar-refractivity contribution >= 4 is 9.84 Å². The second kappa shape index (κ2) is 3.92. The van der Waals surface area contributed by atoms with Crippen LogP contribution in [0.1, 0.15) is 19.8 Å². The molecule has 0 aromatic carbocycles. The normalized spacial score (nSPS) is 21.1. The van der Waals surface area contributed by atoms with E-state index in [0.717, 1.165) is 0 Å². The van der Waals surface area contributed by atoms with Crippen molar-refractivity contribution in [1.82, 2.24) is 5.32 Å². The highest BCUT2D eigenvalue weighted by molar-refractivity contribution is 7.91. The van der Waals surface area contributed by atoms with E-state index in [1.54, 1.807) is 0 Å². The van der Waals surface area contributed by atoms with E-state index in [2.05, 4.69) is 5.32 Å². The Labute approximate surface area is 78.6 Å². The van der Waals surface area contributed by atoms with Crippen molar-refractivity contribution in [1.29, 1.82) is 0 Å². The summed E-state index contributed by atoms with van der Waals surface area (Å²) in [5, 5.41) is 2.80. The Bertz CT molecular complexity index is 259. The summed E-state index contributed by atoms with van der Waals surface area (Å²) in [6.45, 7) is 2.41. The SMILES string of the molecule is CCCS(=O)(=O)CCC1(F)CNC1. The average Bonchev–Trinajstić information content (AvgIpc) is 1.97. The summed E-state index contributed by atoms with van der Waals surface area (Å²) in [5.41, 5.74) is -1.26. The molecule has 13 heavy (non-hydrogen) atoms. The molecule has 3 nitrogen and oxygen atoms in total. The third-order valence-electron chi connectivity index (χ3n) is 2.26. The average molecular weight is 209 g/mol. The molecule has 0 spiro atoms. The molecule has 0 aromatic heterocycles. The fourth-order valence-corrected chi connectivity index (χ4v) is 2.83. The Kier molecular flexibility index (Phi) is 3.29. The number of hydrogen-bond acceptors (Lipinski definition) is 3. The molecule has 0 bridgehead atoms. The van der Waals surface area contributed by atoms with Gasteiger partial charge in [0.15, 0.2) is 0 Å². The fraction of sp³-hybridized carbons (Fsp3) is 1.00. The van der Waals surface area contributed by atoms with Gasteiger partial charge in [-0.3, -0.25) is 0 Å². The Hall–Kier alpha value is -0.160. The summed E-state index contributed by atoms with van der Waals surface area (Å²) in [5.74, 6) is 0.162. The highest BCUT2D eigenvalue weighted by Gasteiger charge is 2.37. The van der Waals surface area contributed by atoms with Gasteiger partial charge in [0.05, 0.1) is 5.75 Å². The lowest BCUT2D eigenvalue weighted by atomic mass is 9.97. The monoisotopic (exact) mass is 209 g/mol. The van der Waals surface area contributed by atoms with E-state index in [1.165, 1.54) is 0 Å². The van der Waals surface area contributed by atoms with Crippen LogP contribution in [0.2, 0.25) is 0 Å². The van der Waals surface area contributed by atoms with Crippen molar-refractivity contribution in [3.8, 4) is 0 Å². The molecule has 1 saturated heterocycles. The van der Waals surface area contributed by atoms with Crippen LogP contribution in [-0.2, 0) is 9.84 Å². The van der Waals surface area contributed by atoms with Gasteiger partial charge in [-0.1, -0.05) is 6.92 Å². The molecule has 1 aliphatic heterocycles. The highest BCUT2D eigenvalue weighted by Crippen LogP contribution is 2.21. The molecule has 0 saturated carbocycles. The molecule has 0 aliphatic carbocycles. The molecule has 1 heterocycles. The summed E-state index contributed by atoms with van der Waals surface area (Å²) in [6.07, 6.45) is 0.752. The summed E-state index contributed by atoms with van der Waals surface area (Å²) in [4.78, 5) is 0. The highest BCUT2D eigenvalue weighted by atomic mass is 32.2. The summed E-state index contributed by atoms with van der Waals surface area (Å²) < 4.78 is 35.8. The topological polar surface area (TPSA) is 46.2 Å². The molecule has 0 atom stereocenters. The van der Waals surface area contributed by atoms with Crippen LogP contribution in [0.5, 0.6) is 0 Å². The van der Waals surface area contributed by atoms with E-state index in [4.69, 9.17) is 0 Å². The Balaban J connectivity index is 2.33. The minimum atomic E-state index is -3.01. The molecule has 5 heteroatoms. The molecule has 1 fully saturated rings. The molecule has 1 N–H and O–H groups in total. The van der Waals surface area contributed by atoms with Crippen LogP contribution in [0.25, 0.3) is 0 Å². The third-order valence-corrected chi connectivity index (χ3v) is 4.12. The van der Waals surface area contributed by atoms with Gasteiger partial charge in [-0.05, 0) is 12.8 Å². The molecular formula is C8H16FNO2S. The summed E-state index contributed by atoms with van der Waals surface area (Å²) >= 11 is 0. The lowest BCUT2D eigenvalue weighted by molar-refractivity contribution is 0.0872. The van der Waals surface area contributed by atoms with Crippen LogP contribution in [0.4, 0.5) is 4.39 Å². The molecule has 0 unspecified atom stereocenters.